The van der Waals surface area contributed by atoms with Gasteiger partial charge in [0.05, 0.1) is 21.8 Å². The molecule has 0 aliphatic heterocycles. The van der Waals surface area contributed by atoms with Gasteiger partial charge in [-0.25, -0.2) is 9.59 Å². The van der Waals surface area contributed by atoms with Crippen molar-refractivity contribution >= 4 is 67.7 Å². The fourth-order valence-electron chi connectivity index (χ4n) is 3.86. The van der Waals surface area contributed by atoms with Gasteiger partial charge in [0.1, 0.15) is 0 Å². The van der Waals surface area contributed by atoms with Crippen LogP contribution in [0.25, 0.3) is 32.6 Å². The summed E-state index contributed by atoms with van der Waals surface area (Å²) < 4.78 is 1.43. The molecule has 0 aliphatic rings. The molecule has 2 heterocycles. The third kappa shape index (κ3) is 3.70. The molecule has 0 radical (unpaired) electrons. The molecule has 34 heavy (non-hydrogen) atoms. The zero-order chi connectivity index (χ0) is 24.9. The van der Waals surface area contributed by atoms with Gasteiger partial charge in [-0.1, -0.05) is 0 Å². The van der Waals surface area contributed by atoms with Crippen molar-refractivity contribution < 1.29 is 28.9 Å². The van der Waals surface area contributed by atoms with Crippen LogP contribution in [0.15, 0.2) is 33.9 Å². The van der Waals surface area contributed by atoms with Gasteiger partial charge in [-0.05, 0) is 24.3 Å². The molecule has 2 N–H and O–H groups in total. The van der Waals surface area contributed by atoms with Crippen LogP contribution in [0.1, 0.15) is 27.7 Å². The first-order chi connectivity index (χ1) is 16.0. The Hall–Kier alpha value is -4.74. The van der Waals surface area contributed by atoms with E-state index in [1.165, 1.54) is 38.1 Å². The summed E-state index contributed by atoms with van der Waals surface area (Å²) >= 11 is 0. The van der Waals surface area contributed by atoms with Gasteiger partial charge in [0.25, 0.3) is 11.1 Å². The average molecular weight is 466 g/mol. The highest BCUT2D eigenvalue weighted by Gasteiger charge is 2.24. The highest BCUT2D eigenvalue weighted by Crippen LogP contribution is 2.34. The normalized spacial score (nSPS) is 11.1. The third-order valence-corrected chi connectivity index (χ3v) is 4.83. The summed E-state index contributed by atoms with van der Waals surface area (Å²) in [5, 5.41) is 5.46. The molecule has 0 saturated heterocycles. The molecule has 4 aromatic rings. The second-order valence-electron chi connectivity index (χ2n) is 7.56. The van der Waals surface area contributed by atoms with Crippen molar-refractivity contribution in [2.45, 2.75) is 27.7 Å². The molecule has 2 aromatic carbocycles. The number of nitrogens with one attached hydrogen (secondary N) is 2. The molecule has 0 fully saturated rings. The van der Waals surface area contributed by atoms with Crippen molar-refractivity contribution in [1.82, 2.24) is 9.46 Å². The Morgan fingerprint density at radius 1 is 0.647 bits per heavy atom. The number of rotatable bonds is 4. The number of carbonyl (C=O) groups is 4. The monoisotopic (exact) mass is 466 g/mol. The van der Waals surface area contributed by atoms with E-state index >= 15 is 0 Å². The van der Waals surface area contributed by atoms with Crippen molar-refractivity contribution in [1.29, 1.82) is 0 Å². The van der Waals surface area contributed by atoms with E-state index in [-0.39, 0.29) is 44.0 Å². The second-order valence-corrected chi connectivity index (χ2v) is 7.56. The number of pyridine rings is 2. The second kappa shape index (κ2) is 7.99. The van der Waals surface area contributed by atoms with E-state index in [9.17, 15) is 28.8 Å². The van der Waals surface area contributed by atoms with E-state index in [2.05, 4.69) is 10.6 Å². The number of hydrogen-bond acceptors (Lipinski definition) is 8. The maximum absolute atomic E-state index is 13.4. The van der Waals surface area contributed by atoms with Crippen LogP contribution < -0.4 is 31.4 Å². The SMILES string of the molecule is CC(=O)Nc1cc2c(=O)n(OC(C)=O)c3cc(NC(C)=O)cc4c(=O)n(OC(C)=O)c(c1)c2c43. The Labute approximate surface area is 189 Å². The summed E-state index contributed by atoms with van der Waals surface area (Å²) in [6.07, 6.45) is 0. The molecule has 0 unspecified atom stereocenters. The lowest BCUT2D eigenvalue weighted by atomic mass is 9.99. The van der Waals surface area contributed by atoms with E-state index in [1.54, 1.807) is 0 Å². The number of hydrogen-bond donors (Lipinski definition) is 2. The summed E-state index contributed by atoms with van der Waals surface area (Å²) in [4.78, 5) is 84.0. The van der Waals surface area contributed by atoms with Crippen LogP contribution in [-0.4, -0.2) is 33.2 Å². The van der Waals surface area contributed by atoms with Crippen LogP contribution in [0.4, 0.5) is 11.4 Å². The summed E-state index contributed by atoms with van der Waals surface area (Å²) in [5.41, 5.74) is -1.23. The summed E-state index contributed by atoms with van der Waals surface area (Å²) in [6.45, 7) is 4.70. The van der Waals surface area contributed by atoms with Gasteiger partial charge in [0, 0.05) is 49.8 Å². The Morgan fingerprint density at radius 2 is 1.00 bits per heavy atom. The predicted octanol–water partition coefficient (Wildman–Crippen LogP) is 0.774. The highest BCUT2D eigenvalue weighted by atomic mass is 16.7. The molecule has 0 aliphatic carbocycles. The lowest BCUT2D eigenvalue weighted by Gasteiger charge is -2.19. The van der Waals surface area contributed by atoms with Gasteiger partial charge < -0.3 is 20.3 Å². The van der Waals surface area contributed by atoms with Crippen LogP contribution in [0.2, 0.25) is 0 Å². The quantitative estimate of drug-likeness (QED) is 0.418. The third-order valence-electron chi connectivity index (χ3n) is 4.83. The molecular weight excluding hydrogens is 448 g/mol. The van der Waals surface area contributed by atoms with Crippen molar-refractivity contribution in [2.24, 2.45) is 0 Å². The minimum absolute atomic E-state index is 0.0202. The number of anilines is 2. The van der Waals surface area contributed by atoms with Crippen molar-refractivity contribution in [3.63, 3.8) is 0 Å². The summed E-state index contributed by atoms with van der Waals surface area (Å²) in [7, 11) is 0. The predicted molar refractivity (Wildman–Crippen MR) is 122 cm³/mol. The molecule has 2 aromatic heterocycles. The molecule has 0 bridgehead atoms. The highest BCUT2D eigenvalue weighted by molar-refractivity contribution is 6.22. The smallest absolute Gasteiger partial charge is 0.330 e. The standard InChI is InChI=1S/C22H18N4O8/c1-9(27)23-13-5-15-19-17(7-13)25(33-11(3)29)22(32)16-6-14(24-10(2)28)8-18(20(16)19)26(21(15)31)34-12(4)30/h5-8H,1-4H3,(H,23,27)(H,24,28). The van der Waals surface area contributed by atoms with Gasteiger partial charge in [-0.2, -0.15) is 0 Å². The molecule has 12 heteroatoms. The number of benzene rings is 2. The average Bonchev–Trinajstić information content (AvgIpc) is 2.71. The molecule has 0 spiro atoms. The largest absolute Gasteiger partial charge is 0.333 e. The topological polar surface area (TPSA) is 155 Å². The van der Waals surface area contributed by atoms with E-state index < -0.39 is 34.9 Å². The van der Waals surface area contributed by atoms with Gasteiger partial charge in [0.2, 0.25) is 11.8 Å². The van der Waals surface area contributed by atoms with E-state index in [1.807, 2.05) is 0 Å². The molecule has 2 amide bonds. The fraction of sp³-hybridized carbons (Fsp3) is 0.182. The van der Waals surface area contributed by atoms with Crippen LogP contribution in [-0.2, 0) is 19.2 Å². The fourth-order valence-corrected chi connectivity index (χ4v) is 3.86. The Morgan fingerprint density at radius 3 is 1.29 bits per heavy atom. The first-order valence-corrected chi connectivity index (χ1v) is 9.95. The Kier molecular flexibility index (Phi) is 5.28. The van der Waals surface area contributed by atoms with Crippen LogP contribution in [0.5, 0.6) is 0 Å². The Balaban J connectivity index is 2.31. The van der Waals surface area contributed by atoms with Gasteiger partial charge in [-0.3, -0.25) is 19.2 Å². The minimum Gasteiger partial charge on any atom is -0.333 e. The number of nitrogens with zero attached hydrogens (tertiary/aromatic N) is 2. The van der Waals surface area contributed by atoms with E-state index in [0.29, 0.717) is 9.46 Å². The van der Waals surface area contributed by atoms with E-state index in [4.69, 9.17) is 9.68 Å². The van der Waals surface area contributed by atoms with Crippen molar-refractivity contribution in [3.8, 4) is 0 Å². The van der Waals surface area contributed by atoms with Crippen LogP contribution in [0, 0.1) is 0 Å². The van der Waals surface area contributed by atoms with Crippen molar-refractivity contribution in [3.05, 3.63) is 45.0 Å². The zero-order valence-electron chi connectivity index (χ0n) is 18.5. The maximum Gasteiger partial charge on any atom is 0.330 e. The Bertz CT molecular complexity index is 1540. The molecular formula is C22H18N4O8. The zero-order valence-corrected chi connectivity index (χ0v) is 18.5. The molecule has 0 saturated carbocycles. The van der Waals surface area contributed by atoms with Gasteiger partial charge in [-0.15, -0.1) is 9.46 Å². The lowest BCUT2D eigenvalue weighted by molar-refractivity contribution is -0.142. The van der Waals surface area contributed by atoms with Crippen LogP contribution in [0.3, 0.4) is 0 Å². The summed E-state index contributed by atoms with van der Waals surface area (Å²) in [5.74, 6) is -2.52. The van der Waals surface area contributed by atoms with Crippen molar-refractivity contribution in [2.75, 3.05) is 10.6 Å². The lowest BCUT2D eigenvalue weighted by Crippen LogP contribution is -2.34. The first kappa shape index (κ1) is 22.5. The summed E-state index contributed by atoms with van der Waals surface area (Å²) in [6, 6.07) is 5.47. The molecule has 12 nitrogen and oxygen atoms in total. The number of aromatic nitrogens is 2. The molecule has 4 rings (SSSR count). The maximum atomic E-state index is 13.4. The van der Waals surface area contributed by atoms with E-state index in [0.717, 1.165) is 13.8 Å². The van der Waals surface area contributed by atoms with Gasteiger partial charge in [0.15, 0.2) is 0 Å². The molecule has 174 valence electrons. The molecule has 0 atom stereocenters. The van der Waals surface area contributed by atoms with Crippen LogP contribution >= 0.6 is 0 Å². The minimum atomic E-state index is -0.808. The number of carbonyl (C=O) groups excluding carboxylic acids is 4. The number of amides is 2. The van der Waals surface area contributed by atoms with Gasteiger partial charge >= 0.3 is 11.9 Å². The first-order valence-electron chi connectivity index (χ1n) is 9.95.